The molecule has 0 bridgehead atoms. The second-order valence-corrected chi connectivity index (χ2v) is 6.32. The van der Waals surface area contributed by atoms with Crippen molar-refractivity contribution in [2.75, 3.05) is 18.5 Å². The maximum atomic E-state index is 12.2. The summed E-state index contributed by atoms with van der Waals surface area (Å²) in [5.74, 6) is 1.94. The smallest absolute Gasteiger partial charge is 0.258 e. The molecule has 152 valence electrons. The molecule has 0 atom stereocenters. The first-order valence-electron chi connectivity index (χ1n) is 9.50. The van der Waals surface area contributed by atoms with Crippen LogP contribution >= 0.6 is 0 Å². The van der Waals surface area contributed by atoms with Gasteiger partial charge >= 0.3 is 0 Å². The lowest BCUT2D eigenvalue weighted by Gasteiger charge is -2.13. The molecule has 1 N–H and O–H groups in total. The van der Waals surface area contributed by atoms with Crippen LogP contribution in [0.15, 0.2) is 54.9 Å². The highest BCUT2D eigenvalue weighted by Crippen LogP contribution is 2.29. The fourth-order valence-corrected chi connectivity index (χ4v) is 2.73. The lowest BCUT2D eigenvalue weighted by molar-refractivity contribution is 0.102. The van der Waals surface area contributed by atoms with Gasteiger partial charge in [-0.05, 0) is 55.8 Å². The lowest BCUT2D eigenvalue weighted by Crippen LogP contribution is -2.10. The zero-order chi connectivity index (χ0) is 20.6. The molecular formula is C22H25N3O4. The third-order valence-corrected chi connectivity index (χ3v) is 4.09. The third-order valence-electron chi connectivity index (χ3n) is 4.09. The molecule has 0 aliphatic rings. The van der Waals surface area contributed by atoms with Crippen LogP contribution in [0.4, 0.5) is 5.69 Å². The number of hydrogen-bond donors (Lipinski definition) is 1. The van der Waals surface area contributed by atoms with Gasteiger partial charge in [0.15, 0.2) is 11.5 Å². The highest BCUT2D eigenvalue weighted by atomic mass is 16.5. The van der Waals surface area contributed by atoms with Crippen LogP contribution in [-0.2, 0) is 13.7 Å². The van der Waals surface area contributed by atoms with Crippen LogP contribution in [0.5, 0.6) is 17.2 Å². The maximum Gasteiger partial charge on any atom is 0.258 e. The first kappa shape index (κ1) is 20.3. The standard InChI is InChI=1S/C22H25N3O4/c1-4-27-20-11-6-16(12-21(20)28-5-2)15-29-19-9-7-18(8-10-19)24-22(26)17-13-23-25(3)14-17/h6-14H,4-5,15H2,1-3H3,(H,24,26). The first-order valence-corrected chi connectivity index (χ1v) is 9.50. The molecule has 1 amide bonds. The highest BCUT2D eigenvalue weighted by molar-refractivity contribution is 6.03. The average Bonchev–Trinajstić information content (AvgIpc) is 3.16. The first-order chi connectivity index (χ1) is 14.1. The molecule has 7 nitrogen and oxygen atoms in total. The second kappa shape index (κ2) is 9.64. The van der Waals surface area contributed by atoms with E-state index in [0.29, 0.717) is 42.6 Å². The van der Waals surface area contributed by atoms with Crippen LogP contribution in [-0.4, -0.2) is 28.9 Å². The zero-order valence-electron chi connectivity index (χ0n) is 16.8. The number of rotatable bonds is 9. The molecule has 0 aliphatic heterocycles. The summed E-state index contributed by atoms with van der Waals surface area (Å²) in [6, 6.07) is 13.0. The van der Waals surface area contributed by atoms with Gasteiger partial charge in [0.1, 0.15) is 12.4 Å². The van der Waals surface area contributed by atoms with Gasteiger partial charge in [-0.2, -0.15) is 5.10 Å². The largest absolute Gasteiger partial charge is 0.490 e. The van der Waals surface area contributed by atoms with E-state index in [1.807, 2.05) is 44.2 Å². The Morgan fingerprint density at radius 2 is 1.72 bits per heavy atom. The van der Waals surface area contributed by atoms with E-state index in [0.717, 1.165) is 11.3 Å². The van der Waals surface area contributed by atoms with Gasteiger partial charge in [0, 0.05) is 18.9 Å². The Morgan fingerprint density at radius 1 is 1.00 bits per heavy atom. The number of benzene rings is 2. The molecule has 2 aromatic carbocycles. The van der Waals surface area contributed by atoms with Gasteiger partial charge in [-0.25, -0.2) is 0 Å². The Labute approximate surface area is 170 Å². The topological polar surface area (TPSA) is 74.6 Å². The Hall–Kier alpha value is -3.48. The van der Waals surface area contributed by atoms with Crippen LogP contribution in [0.2, 0.25) is 0 Å². The molecule has 0 unspecified atom stereocenters. The van der Waals surface area contributed by atoms with Gasteiger partial charge in [0.25, 0.3) is 5.91 Å². The average molecular weight is 395 g/mol. The number of hydrogen-bond acceptors (Lipinski definition) is 5. The van der Waals surface area contributed by atoms with Crippen LogP contribution in [0, 0.1) is 0 Å². The van der Waals surface area contributed by atoms with Gasteiger partial charge in [0.2, 0.25) is 0 Å². The van der Waals surface area contributed by atoms with Crippen LogP contribution in [0.3, 0.4) is 0 Å². The molecule has 0 radical (unpaired) electrons. The van der Waals surface area contributed by atoms with Crippen molar-refractivity contribution in [3.63, 3.8) is 0 Å². The van der Waals surface area contributed by atoms with E-state index in [-0.39, 0.29) is 5.91 Å². The van der Waals surface area contributed by atoms with E-state index in [4.69, 9.17) is 14.2 Å². The molecular weight excluding hydrogens is 370 g/mol. The lowest BCUT2D eigenvalue weighted by atomic mass is 10.2. The van der Waals surface area contributed by atoms with E-state index in [1.165, 1.54) is 6.20 Å². The number of nitrogens with one attached hydrogen (secondary N) is 1. The van der Waals surface area contributed by atoms with Crippen LogP contribution in [0.25, 0.3) is 0 Å². The third kappa shape index (κ3) is 5.51. The van der Waals surface area contributed by atoms with Gasteiger partial charge in [-0.3, -0.25) is 9.48 Å². The fourth-order valence-electron chi connectivity index (χ4n) is 2.73. The van der Waals surface area contributed by atoms with Crippen molar-refractivity contribution in [3.05, 3.63) is 66.0 Å². The molecule has 29 heavy (non-hydrogen) atoms. The van der Waals surface area contributed by atoms with Crippen molar-refractivity contribution in [2.45, 2.75) is 20.5 Å². The summed E-state index contributed by atoms with van der Waals surface area (Å²) in [5, 5.41) is 6.83. The van der Waals surface area contributed by atoms with E-state index in [1.54, 1.807) is 30.1 Å². The summed E-state index contributed by atoms with van der Waals surface area (Å²) in [6.07, 6.45) is 3.19. The molecule has 1 heterocycles. The maximum absolute atomic E-state index is 12.2. The molecule has 3 rings (SSSR count). The van der Waals surface area contributed by atoms with Crippen molar-refractivity contribution in [2.24, 2.45) is 7.05 Å². The van der Waals surface area contributed by atoms with Gasteiger partial charge in [-0.1, -0.05) is 6.07 Å². The minimum Gasteiger partial charge on any atom is -0.490 e. The molecule has 0 aliphatic carbocycles. The normalized spacial score (nSPS) is 10.4. The Kier molecular flexibility index (Phi) is 6.73. The van der Waals surface area contributed by atoms with E-state index < -0.39 is 0 Å². The quantitative estimate of drug-likeness (QED) is 0.592. The summed E-state index contributed by atoms with van der Waals surface area (Å²) in [5.41, 5.74) is 2.17. The number of aryl methyl sites for hydroxylation is 1. The fraction of sp³-hybridized carbons (Fsp3) is 0.273. The zero-order valence-corrected chi connectivity index (χ0v) is 16.8. The van der Waals surface area contributed by atoms with Gasteiger partial charge in [-0.15, -0.1) is 0 Å². The van der Waals surface area contributed by atoms with E-state index in [2.05, 4.69) is 10.4 Å². The Balaban J connectivity index is 1.58. The van der Waals surface area contributed by atoms with Crippen LogP contribution < -0.4 is 19.5 Å². The number of nitrogens with zero attached hydrogens (tertiary/aromatic N) is 2. The predicted molar refractivity (Wildman–Crippen MR) is 111 cm³/mol. The molecule has 0 saturated heterocycles. The number of anilines is 1. The SMILES string of the molecule is CCOc1ccc(COc2ccc(NC(=O)c3cnn(C)c3)cc2)cc1OCC. The highest BCUT2D eigenvalue weighted by Gasteiger charge is 2.09. The molecule has 1 aromatic heterocycles. The number of aromatic nitrogens is 2. The summed E-state index contributed by atoms with van der Waals surface area (Å²) in [4.78, 5) is 12.2. The summed E-state index contributed by atoms with van der Waals surface area (Å²) < 4.78 is 18.7. The second-order valence-electron chi connectivity index (χ2n) is 6.32. The number of ether oxygens (including phenoxy) is 3. The van der Waals surface area contributed by atoms with Crippen molar-refractivity contribution in [1.82, 2.24) is 9.78 Å². The summed E-state index contributed by atoms with van der Waals surface area (Å²) in [7, 11) is 1.77. The molecule has 7 heteroatoms. The van der Waals surface area contributed by atoms with Crippen molar-refractivity contribution in [1.29, 1.82) is 0 Å². The monoisotopic (exact) mass is 395 g/mol. The number of amides is 1. The van der Waals surface area contributed by atoms with Gasteiger partial charge in [0.05, 0.1) is 25.0 Å². The minimum absolute atomic E-state index is 0.204. The van der Waals surface area contributed by atoms with Crippen molar-refractivity contribution >= 4 is 11.6 Å². The molecule has 3 aromatic rings. The summed E-state index contributed by atoms with van der Waals surface area (Å²) >= 11 is 0. The van der Waals surface area contributed by atoms with E-state index >= 15 is 0 Å². The molecule has 0 spiro atoms. The van der Waals surface area contributed by atoms with E-state index in [9.17, 15) is 4.79 Å². The predicted octanol–water partition coefficient (Wildman–Crippen LogP) is 4.05. The van der Waals surface area contributed by atoms with Crippen molar-refractivity contribution in [3.8, 4) is 17.2 Å². The minimum atomic E-state index is -0.204. The van der Waals surface area contributed by atoms with Crippen LogP contribution in [0.1, 0.15) is 29.8 Å². The molecule has 0 saturated carbocycles. The summed E-state index contributed by atoms with van der Waals surface area (Å²) in [6.45, 7) is 5.42. The Morgan fingerprint density at radius 3 is 2.38 bits per heavy atom. The Bertz CT molecular complexity index is 951. The number of carbonyl (C=O) groups is 1. The molecule has 0 fully saturated rings. The van der Waals surface area contributed by atoms with Gasteiger partial charge < -0.3 is 19.5 Å². The van der Waals surface area contributed by atoms with Crippen molar-refractivity contribution < 1.29 is 19.0 Å². The number of carbonyl (C=O) groups excluding carboxylic acids is 1.